The van der Waals surface area contributed by atoms with E-state index in [1.165, 1.54) is 5.56 Å². The minimum atomic E-state index is -0.206. The predicted octanol–water partition coefficient (Wildman–Crippen LogP) is 1.83. The van der Waals surface area contributed by atoms with Crippen LogP contribution in [0, 0.1) is 0 Å². The first-order valence-electron chi connectivity index (χ1n) is 7.30. The molecule has 0 aliphatic carbocycles. The lowest BCUT2D eigenvalue weighted by Crippen LogP contribution is -2.41. The normalized spacial score (nSPS) is 12.7. The lowest BCUT2D eigenvalue weighted by Gasteiger charge is -2.25. The molecule has 1 aromatic rings. The van der Waals surface area contributed by atoms with Gasteiger partial charge in [-0.1, -0.05) is 30.3 Å². The first kappa shape index (κ1) is 24.4. The number of nitrogens with two attached hydrogens (primary N) is 1. The third-order valence-electron chi connectivity index (χ3n) is 3.63. The van der Waals surface area contributed by atoms with Gasteiger partial charge in [-0.15, -0.1) is 24.8 Å². The molecule has 0 spiro atoms. The quantitative estimate of drug-likeness (QED) is 0.700. The number of carbonyl (C=O) groups is 1. The number of hydrogen-bond donors (Lipinski definition) is 2. The Kier molecular flexibility index (Phi) is 14.4. The van der Waals surface area contributed by atoms with Crippen LogP contribution in [0.3, 0.4) is 0 Å². The van der Waals surface area contributed by atoms with Gasteiger partial charge in [0.2, 0.25) is 5.91 Å². The SMILES string of the molecule is COC(CN)CC(=O)NCC(C)N(C)Cc1ccccc1.Cl.Cl. The molecule has 3 N–H and O–H groups in total. The van der Waals surface area contributed by atoms with Crippen molar-refractivity contribution < 1.29 is 9.53 Å². The number of ether oxygens (including phenoxy) is 1. The number of rotatable bonds is 9. The van der Waals surface area contributed by atoms with Crippen molar-refractivity contribution in [1.82, 2.24) is 10.2 Å². The Bertz CT molecular complexity index is 417. The zero-order valence-electron chi connectivity index (χ0n) is 14.0. The van der Waals surface area contributed by atoms with Crippen LogP contribution in [0.5, 0.6) is 0 Å². The molecule has 1 rings (SSSR count). The number of nitrogens with one attached hydrogen (secondary N) is 1. The number of carbonyl (C=O) groups excluding carboxylic acids is 1. The number of methoxy groups -OCH3 is 1. The second-order valence-electron chi connectivity index (χ2n) is 5.35. The molecule has 1 aromatic carbocycles. The Morgan fingerprint density at radius 2 is 1.91 bits per heavy atom. The summed E-state index contributed by atoms with van der Waals surface area (Å²) in [7, 11) is 3.63. The van der Waals surface area contributed by atoms with Crippen LogP contribution in [0.2, 0.25) is 0 Å². The van der Waals surface area contributed by atoms with Crippen LogP contribution in [-0.2, 0) is 16.1 Å². The number of nitrogens with zero attached hydrogens (tertiary/aromatic N) is 1. The van der Waals surface area contributed by atoms with Gasteiger partial charge >= 0.3 is 0 Å². The summed E-state index contributed by atoms with van der Waals surface area (Å²) in [5, 5.41) is 2.93. The summed E-state index contributed by atoms with van der Waals surface area (Å²) < 4.78 is 5.11. The van der Waals surface area contributed by atoms with Crippen molar-refractivity contribution in [3.05, 3.63) is 35.9 Å². The summed E-state index contributed by atoms with van der Waals surface area (Å²) in [6.45, 7) is 3.93. The zero-order chi connectivity index (χ0) is 15.7. The fourth-order valence-electron chi connectivity index (χ4n) is 1.99. The van der Waals surface area contributed by atoms with Gasteiger partial charge in [-0.25, -0.2) is 0 Å². The van der Waals surface area contributed by atoms with Crippen molar-refractivity contribution in [3.63, 3.8) is 0 Å². The summed E-state index contributed by atoms with van der Waals surface area (Å²) in [5.41, 5.74) is 6.77. The lowest BCUT2D eigenvalue weighted by atomic mass is 10.2. The van der Waals surface area contributed by atoms with Gasteiger partial charge in [-0.05, 0) is 19.5 Å². The number of hydrogen-bond acceptors (Lipinski definition) is 4. The van der Waals surface area contributed by atoms with E-state index in [2.05, 4.69) is 36.3 Å². The molecule has 2 atom stereocenters. The molecular formula is C16H29Cl2N3O2. The largest absolute Gasteiger partial charge is 0.380 e. The molecule has 0 aliphatic heterocycles. The van der Waals surface area contributed by atoms with Crippen molar-refractivity contribution in [2.24, 2.45) is 5.73 Å². The molecule has 0 aliphatic rings. The molecular weight excluding hydrogens is 337 g/mol. The van der Waals surface area contributed by atoms with Crippen molar-refractivity contribution in [3.8, 4) is 0 Å². The van der Waals surface area contributed by atoms with Gasteiger partial charge in [0.1, 0.15) is 0 Å². The number of benzene rings is 1. The third-order valence-corrected chi connectivity index (χ3v) is 3.63. The summed E-state index contributed by atoms with van der Waals surface area (Å²) in [6.07, 6.45) is 0.102. The Hall–Kier alpha value is -0.850. The maximum Gasteiger partial charge on any atom is 0.222 e. The highest BCUT2D eigenvalue weighted by Crippen LogP contribution is 2.05. The van der Waals surface area contributed by atoms with Crippen LogP contribution in [0.1, 0.15) is 18.9 Å². The second-order valence-corrected chi connectivity index (χ2v) is 5.35. The molecule has 0 heterocycles. The van der Waals surface area contributed by atoms with E-state index in [9.17, 15) is 4.79 Å². The lowest BCUT2D eigenvalue weighted by molar-refractivity contribution is -0.123. The molecule has 134 valence electrons. The number of amides is 1. The minimum absolute atomic E-state index is 0. The van der Waals surface area contributed by atoms with Crippen molar-refractivity contribution in [1.29, 1.82) is 0 Å². The second kappa shape index (κ2) is 13.6. The molecule has 0 saturated carbocycles. The van der Waals surface area contributed by atoms with E-state index >= 15 is 0 Å². The maximum atomic E-state index is 11.8. The summed E-state index contributed by atoms with van der Waals surface area (Å²) in [4.78, 5) is 14.0. The number of likely N-dealkylation sites (N-methyl/N-ethyl adjacent to an activating group) is 1. The predicted molar refractivity (Wildman–Crippen MR) is 99.3 cm³/mol. The van der Waals surface area contributed by atoms with Crippen molar-refractivity contribution in [2.45, 2.75) is 32.0 Å². The van der Waals surface area contributed by atoms with Gasteiger partial charge in [0.05, 0.1) is 12.5 Å². The van der Waals surface area contributed by atoms with Crippen LogP contribution < -0.4 is 11.1 Å². The van der Waals surface area contributed by atoms with Gasteiger partial charge < -0.3 is 15.8 Å². The summed E-state index contributed by atoms with van der Waals surface area (Å²) >= 11 is 0. The molecule has 5 nitrogen and oxygen atoms in total. The monoisotopic (exact) mass is 365 g/mol. The van der Waals surface area contributed by atoms with Crippen LogP contribution in [-0.4, -0.2) is 50.2 Å². The van der Waals surface area contributed by atoms with Crippen LogP contribution in [0.4, 0.5) is 0 Å². The van der Waals surface area contributed by atoms with Crippen molar-refractivity contribution >= 4 is 30.7 Å². The fraction of sp³-hybridized carbons (Fsp3) is 0.562. The molecule has 0 fully saturated rings. The average molecular weight is 366 g/mol. The third kappa shape index (κ3) is 9.79. The smallest absolute Gasteiger partial charge is 0.222 e. The first-order chi connectivity index (χ1) is 10.1. The molecule has 0 aromatic heterocycles. The van der Waals surface area contributed by atoms with Crippen LogP contribution in [0.15, 0.2) is 30.3 Å². The van der Waals surface area contributed by atoms with Gasteiger partial charge in [-0.2, -0.15) is 0 Å². The summed E-state index contributed by atoms with van der Waals surface area (Å²) in [6, 6.07) is 10.5. The maximum absolute atomic E-state index is 11.8. The number of halogens is 2. The Morgan fingerprint density at radius 1 is 1.30 bits per heavy atom. The van der Waals surface area contributed by atoms with E-state index in [0.717, 1.165) is 6.54 Å². The first-order valence-corrected chi connectivity index (χ1v) is 7.30. The molecule has 2 unspecified atom stereocenters. The Morgan fingerprint density at radius 3 is 2.43 bits per heavy atom. The van der Waals surface area contributed by atoms with Gasteiger partial charge in [-0.3, -0.25) is 9.69 Å². The van der Waals surface area contributed by atoms with E-state index in [0.29, 0.717) is 19.5 Å². The molecule has 0 saturated heterocycles. The van der Waals surface area contributed by atoms with Crippen molar-refractivity contribution in [2.75, 3.05) is 27.2 Å². The topological polar surface area (TPSA) is 67.6 Å². The molecule has 7 heteroatoms. The average Bonchev–Trinajstić information content (AvgIpc) is 2.51. The van der Waals surface area contributed by atoms with E-state index in [1.54, 1.807) is 7.11 Å². The van der Waals surface area contributed by atoms with Gasteiger partial charge in [0.15, 0.2) is 0 Å². The fourth-order valence-corrected chi connectivity index (χ4v) is 1.99. The van der Waals surface area contributed by atoms with E-state index < -0.39 is 0 Å². The highest BCUT2D eigenvalue weighted by Gasteiger charge is 2.14. The minimum Gasteiger partial charge on any atom is -0.380 e. The van der Waals surface area contributed by atoms with Gasteiger partial charge in [0, 0.05) is 32.8 Å². The van der Waals surface area contributed by atoms with E-state index in [1.807, 2.05) is 18.2 Å². The van der Waals surface area contributed by atoms with Gasteiger partial charge in [0.25, 0.3) is 0 Å². The van der Waals surface area contributed by atoms with E-state index in [-0.39, 0.29) is 42.9 Å². The Balaban J connectivity index is 0. The Labute approximate surface area is 151 Å². The molecule has 0 bridgehead atoms. The van der Waals surface area contributed by atoms with Crippen LogP contribution >= 0.6 is 24.8 Å². The molecule has 1 amide bonds. The molecule has 0 radical (unpaired) electrons. The standard InChI is InChI=1S/C16H27N3O2.2ClH/c1-13(11-18-16(20)9-15(10-17)21-3)19(2)12-14-7-5-4-6-8-14;;/h4-8,13,15H,9-12,17H2,1-3H3,(H,18,20);2*1H. The zero-order valence-corrected chi connectivity index (χ0v) is 15.7. The highest BCUT2D eigenvalue weighted by molar-refractivity contribution is 5.85. The summed E-state index contributed by atoms with van der Waals surface area (Å²) in [5.74, 6) is -0.0211. The molecule has 23 heavy (non-hydrogen) atoms. The highest BCUT2D eigenvalue weighted by atomic mass is 35.5. The van der Waals surface area contributed by atoms with Crippen LogP contribution in [0.25, 0.3) is 0 Å². The van der Waals surface area contributed by atoms with E-state index in [4.69, 9.17) is 10.5 Å².